The number of nitrogens with zero attached hydrogens (tertiary/aromatic N) is 3. The monoisotopic (exact) mass is 272 g/mol. The van der Waals surface area contributed by atoms with Gasteiger partial charge in [0.1, 0.15) is 0 Å². The number of nitro groups is 1. The van der Waals surface area contributed by atoms with Crippen LogP contribution in [-0.4, -0.2) is 21.4 Å². The quantitative estimate of drug-likeness (QED) is 0.668. The molecule has 1 aromatic heterocycles. The van der Waals surface area contributed by atoms with Gasteiger partial charge in [-0.2, -0.15) is 0 Å². The van der Waals surface area contributed by atoms with E-state index in [-0.39, 0.29) is 5.69 Å². The lowest BCUT2D eigenvalue weighted by molar-refractivity contribution is -0.384. The van der Waals surface area contributed by atoms with Crippen LogP contribution in [0, 0.1) is 17.0 Å². The van der Waals surface area contributed by atoms with E-state index in [0.29, 0.717) is 17.9 Å². The third kappa shape index (κ3) is 3.16. The van der Waals surface area contributed by atoms with Gasteiger partial charge in [-0.25, -0.2) is 9.97 Å². The maximum Gasteiger partial charge on any atom is 0.270 e. The molecule has 0 spiro atoms. The van der Waals surface area contributed by atoms with Gasteiger partial charge in [-0.3, -0.25) is 10.1 Å². The zero-order chi connectivity index (χ0) is 14.5. The molecule has 0 radical (unpaired) electrons. The average Bonchev–Trinajstić information content (AvgIpc) is 2.45. The van der Waals surface area contributed by atoms with Crippen molar-refractivity contribution in [1.82, 2.24) is 15.3 Å². The van der Waals surface area contributed by atoms with E-state index < -0.39 is 4.92 Å². The smallest absolute Gasteiger partial charge is 0.270 e. The highest BCUT2D eigenvalue weighted by atomic mass is 16.6. The number of aryl methyl sites for hydroxylation is 1. The van der Waals surface area contributed by atoms with E-state index >= 15 is 0 Å². The molecule has 104 valence electrons. The van der Waals surface area contributed by atoms with Crippen LogP contribution < -0.4 is 5.32 Å². The number of non-ortho nitro benzene ring substituents is 1. The Kier molecular flexibility index (Phi) is 4.37. The van der Waals surface area contributed by atoms with Gasteiger partial charge in [0.05, 0.1) is 10.6 Å². The fourth-order valence-electron chi connectivity index (χ4n) is 1.84. The first-order valence-corrected chi connectivity index (χ1v) is 6.40. The van der Waals surface area contributed by atoms with E-state index in [1.54, 1.807) is 12.3 Å². The highest BCUT2D eigenvalue weighted by Gasteiger charge is 2.12. The Labute approximate surface area is 117 Å². The minimum atomic E-state index is -0.411. The number of hydrogen-bond donors (Lipinski definition) is 1. The molecule has 0 unspecified atom stereocenters. The fraction of sp³-hybridized carbons (Fsp3) is 0.286. The van der Waals surface area contributed by atoms with Gasteiger partial charge >= 0.3 is 0 Å². The predicted octanol–water partition coefficient (Wildman–Crippen LogP) is 2.47. The molecule has 2 rings (SSSR count). The molecular weight excluding hydrogens is 256 g/mol. The zero-order valence-electron chi connectivity index (χ0n) is 11.5. The molecule has 1 aromatic carbocycles. The molecule has 0 saturated heterocycles. The Morgan fingerprint density at radius 2 is 2.15 bits per heavy atom. The predicted molar refractivity (Wildman–Crippen MR) is 76.2 cm³/mol. The van der Waals surface area contributed by atoms with Gasteiger partial charge in [0.15, 0.2) is 5.82 Å². The second-order valence-corrected chi connectivity index (χ2v) is 4.41. The van der Waals surface area contributed by atoms with Gasteiger partial charge in [-0.05, 0) is 25.1 Å². The summed E-state index contributed by atoms with van der Waals surface area (Å²) in [6.45, 7) is 5.42. The van der Waals surface area contributed by atoms with Gasteiger partial charge in [-0.15, -0.1) is 0 Å². The molecule has 6 heteroatoms. The van der Waals surface area contributed by atoms with Gasteiger partial charge < -0.3 is 5.32 Å². The molecule has 0 aliphatic carbocycles. The SMILES string of the molecule is CCNCc1ccnc(-c2cc([N+](=O)[O-])ccc2C)n1. The van der Waals surface area contributed by atoms with Gasteiger partial charge in [-0.1, -0.05) is 13.0 Å². The van der Waals surface area contributed by atoms with E-state index in [9.17, 15) is 10.1 Å². The molecule has 0 fully saturated rings. The van der Waals surface area contributed by atoms with E-state index in [0.717, 1.165) is 17.8 Å². The summed E-state index contributed by atoms with van der Waals surface area (Å²) in [5.74, 6) is 0.515. The van der Waals surface area contributed by atoms with Gasteiger partial charge in [0.25, 0.3) is 5.69 Å². The van der Waals surface area contributed by atoms with E-state index in [4.69, 9.17) is 0 Å². The standard InChI is InChI=1S/C14H16N4O2/c1-3-15-9-11-6-7-16-14(17-11)13-8-12(18(19)20)5-4-10(13)2/h4-8,15H,3,9H2,1-2H3. The molecule has 0 saturated carbocycles. The lowest BCUT2D eigenvalue weighted by atomic mass is 10.1. The Morgan fingerprint density at radius 3 is 2.85 bits per heavy atom. The van der Waals surface area contributed by atoms with Gasteiger partial charge in [0.2, 0.25) is 0 Å². The Morgan fingerprint density at radius 1 is 1.35 bits per heavy atom. The molecule has 0 aliphatic rings. The molecule has 2 aromatic rings. The topological polar surface area (TPSA) is 81.0 Å². The van der Waals surface area contributed by atoms with E-state index in [1.807, 2.05) is 19.9 Å². The second-order valence-electron chi connectivity index (χ2n) is 4.41. The van der Waals surface area contributed by atoms with Crippen molar-refractivity contribution in [2.24, 2.45) is 0 Å². The molecular formula is C14H16N4O2. The van der Waals surface area contributed by atoms with Crippen molar-refractivity contribution in [3.05, 3.63) is 51.8 Å². The Balaban J connectivity index is 2.40. The van der Waals surface area contributed by atoms with Crippen molar-refractivity contribution < 1.29 is 4.92 Å². The Hall–Kier alpha value is -2.34. The number of nitro benzene ring substituents is 1. The number of rotatable bonds is 5. The second kappa shape index (κ2) is 6.21. The Bertz CT molecular complexity index is 628. The number of hydrogen-bond acceptors (Lipinski definition) is 5. The lowest BCUT2D eigenvalue weighted by Gasteiger charge is -2.06. The van der Waals surface area contributed by atoms with Crippen LogP contribution >= 0.6 is 0 Å². The summed E-state index contributed by atoms with van der Waals surface area (Å²) in [6.07, 6.45) is 1.67. The fourth-order valence-corrected chi connectivity index (χ4v) is 1.84. The summed E-state index contributed by atoms with van der Waals surface area (Å²) in [6, 6.07) is 6.55. The molecule has 0 amide bonds. The molecule has 1 heterocycles. The minimum absolute atomic E-state index is 0.0475. The normalized spacial score (nSPS) is 10.5. The highest BCUT2D eigenvalue weighted by molar-refractivity contribution is 5.63. The number of aromatic nitrogens is 2. The third-order valence-corrected chi connectivity index (χ3v) is 2.94. The van der Waals surface area contributed by atoms with Crippen LogP contribution in [0.3, 0.4) is 0 Å². The lowest BCUT2D eigenvalue weighted by Crippen LogP contribution is -2.13. The average molecular weight is 272 g/mol. The summed E-state index contributed by atoms with van der Waals surface area (Å²) in [5.41, 5.74) is 2.52. The number of nitrogens with one attached hydrogen (secondary N) is 1. The third-order valence-electron chi connectivity index (χ3n) is 2.94. The van der Waals surface area contributed by atoms with E-state index in [2.05, 4.69) is 15.3 Å². The van der Waals surface area contributed by atoms with Crippen molar-refractivity contribution in [3.63, 3.8) is 0 Å². The zero-order valence-corrected chi connectivity index (χ0v) is 11.5. The summed E-state index contributed by atoms with van der Waals surface area (Å²) >= 11 is 0. The van der Waals surface area contributed by atoms with Crippen molar-refractivity contribution in [2.75, 3.05) is 6.54 Å². The van der Waals surface area contributed by atoms with Gasteiger partial charge in [0, 0.05) is 30.4 Å². The number of benzene rings is 1. The first-order chi connectivity index (χ1) is 9.61. The maximum atomic E-state index is 10.9. The molecule has 20 heavy (non-hydrogen) atoms. The van der Waals surface area contributed by atoms with Crippen LogP contribution in [0.5, 0.6) is 0 Å². The van der Waals surface area contributed by atoms with Crippen LogP contribution in [0.4, 0.5) is 5.69 Å². The highest BCUT2D eigenvalue weighted by Crippen LogP contribution is 2.24. The van der Waals surface area contributed by atoms with Crippen LogP contribution in [0.25, 0.3) is 11.4 Å². The molecule has 0 bridgehead atoms. The minimum Gasteiger partial charge on any atom is -0.311 e. The maximum absolute atomic E-state index is 10.9. The molecule has 6 nitrogen and oxygen atoms in total. The van der Waals surface area contributed by atoms with Crippen LogP contribution in [0.2, 0.25) is 0 Å². The van der Waals surface area contributed by atoms with Crippen LogP contribution in [-0.2, 0) is 6.54 Å². The summed E-state index contributed by atoms with van der Waals surface area (Å²) < 4.78 is 0. The largest absolute Gasteiger partial charge is 0.311 e. The van der Waals surface area contributed by atoms with E-state index in [1.165, 1.54) is 12.1 Å². The van der Waals surface area contributed by atoms with Crippen molar-refractivity contribution in [3.8, 4) is 11.4 Å². The van der Waals surface area contributed by atoms with Crippen molar-refractivity contribution >= 4 is 5.69 Å². The van der Waals surface area contributed by atoms with Crippen LogP contribution in [0.15, 0.2) is 30.5 Å². The first kappa shape index (κ1) is 14.1. The van der Waals surface area contributed by atoms with Crippen molar-refractivity contribution in [2.45, 2.75) is 20.4 Å². The molecule has 1 N–H and O–H groups in total. The first-order valence-electron chi connectivity index (χ1n) is 6.40. The van der Waals surface area contributed by atoms with Crippen molar-refractivity contribution in [1.29, 1.82) is 0 Å². The summed E-state index contributed by atoms with van der Waals surface area (Å²) in [5, 5.41) is 14.0. The molecule has 0 atom stereocenters. The summed E-state index contributed by atoms with van der Waals surface area (Å²) in [7, 11) is 0. The molecule has 0 aliphatic heterocycles. The van der Waals surface area contributed by atoms with Crippen LogP contribution in [0.1, 0.15) is 18.2 Å². The summed E-state index contributed by atoms with van der Waals surface area (Å²) in [4.78, 5) is 19.1.